The highest BCUT2D eigenvalue weighted by molar-refractivity contribution is 6.23. The van der Waals surface area contributed by atoms with Crippen LogP contribution in [0.15, 0.2) is 41.2 Å². The molecule has 0 saturated carbocycles. The Hall–Kier alpha value is -3.73. The Morgan fingerprint density at radius 2 is 1.97 bits per heavy atom. The predicted molar refractivity (Wildman–Crippen MR) is 113 cm³/mol. The molecule has 1 aliphatic rings. The molecule has 4 rings (SSSR count). The van der Waals surface area contributed by atoms with Crippen molar-refractivity contribution < 1.29 is 14.1 Å². The van der Waals surface area contributed by atoms with Crippen molar-refractivity contribution in [1.29, 1.82) is 0 Å². The van der Waals surface area contributed by atoms with E-state index in [2.05, 4.69) is 15.1 Å². The van der Waals surface area contributed by atoms with Gasteiger partial charge in [-0.15, -0.1) is 0 Å². The molecule has 2 amide bonds. The standard InChI is InChI=1S/C23H23N5O3/c1-14-18(15(2)31-26-14)13-27-12-17(11-25-27)28-21(29)19(23(3,4)22(28)30)10-16-8-6-7-9-20(16)24-5/h6-9,11-12,19H,10,13H2,1-4H3. The summed E-state index contributed by atoms with van der Waals surface area (Å²) in [5.41, 5.74) is 2.52. The molecule has 0 spiro atoms. The molecule has 3 heterocycles. The number of rotatable bonds is 5. The first-order valence-corrected chi connectivity index (χ1v) is 10.0. The van der Waals surface area contributed by atoms with Gasteiger partial charge in [0.2, 0.25) is 11.8 Å². The fourth-order valence-corrected chi connectivity index (χ4v) is 4.05. The summed E-state index contributed by atoms with van der Waals surface area (Å²) in [6, 6.07) is 7.21. The minimum atomic E-state index is -0.893. The van der Waals surface area contributed by atoms with Crippen molar-refractivity contribution in [1.82, 2.24) is 14.9 Å². The van der Waals surface area contributed by atoms with E-state index >= 15 is 0 Å². The van der Waals surface area contributed by atoms with Gasteiger partial charge in [-0.2, -0.15) is 5.10 Å². The lowest BCUT2D eigenvalue weighted by atomic mass is 9.77. The molecule has 8 heteroatoms. The fraction of sp³-hybridized carbons (Fsp3) is 0.348. The molecular weight excluding hydrogens is 394 g/mol. The summed E-state index contributed by atoms with van der Waals surface area (Å²) in [4.78, 5) is 31.3. The van der Waals surface area contributed by atoms with Gasteiger partial charge in [-0.25, -0.2) is 9.74 Å². The van der Waals surface area contributed by atoms with Crippen LogP contribution in [0.2, 0.25) is 0 Å². The number of imide groups is 1. The number of aromatic nitrogens is 3. The maximum absolute atomic E-state index is 13.3. The van der Waals surface area contributed by atoms with E-state index in [1.54, 1.807) is 36.9 Å². The second-order valence-corrected chi connectivity index (χ2v) is 8.40. The molecule has 1 atom stereocenters. The fourth-order valence-electron chi connectivity index (χ4n) is 4.05. The summed E-state index contributed by atoms with van der Waals surface area (Å²) in [6.07, 6.45) is 3.55. The third-order valence-electron chi connectivity index (χ3n) is 6.06. The second-order valence-electron chi connectivity index (χ2n) is 8.40. The van der Waals surface area contributed by atoms with Crippen LogP contribution in [0.4, 0.5) is 11.4 Å². The molecule has 3 aromatic rings. The molecule has 31 heavy (non-hydrogen) atoms. The van der Waals surface area contributed by atoms with Crippen LogP contribution in [-0.2, 0) is 22.6 Å². The first-order valence-electron chi connectivity index (χ1n) is 10.0. The molecule has 0 bridgehead atoms. The van der Waals surface area contributed by atoms with Crippen molar-refractivity contribution in [3.63, 3.8) is 0 Å². The van der Waals surface area contributed by atoms with Crippen LogP contribution < -0.4 is 4.90 Å². The zero-order valence-corrected chi connectivity index (χ0v) is 17.9. The molecule has 1 fully saturated rings. The first-order chi connectivity index (χ1) is 14.7. The molecule has 1 saturated heterocycles. The van der Waals surface area contributed by atoms with Crippen LogP contribution in [0.25, 0.3) is 4.85 Å². The monoisotopic (exact) mass is 417 g/mol. The largest absolute Gasteiger partial charge is 0.361 e. The predicted octanol–water partition coefficient (Wildman–Crippen LogP) is 3.85. The van der Waals surface area contributed by atoms with E-state index in [1.165, 1.54) is 11.1 Å². The average molecular weight is 417 g/mol. The number of carbonyl (C=O) groups is 2. The highest BCUT2D eigenvalue weighted by Gasteiger charge is 2.54. The summed E-state index contributed by atoms with van der Waals surface area (Å²) in [7, 11) is 0. The van der Waals surface area contributed by atoms with E-state index in [0.717, 1.165) is 16.8 Å². The topological polar surface area (TPSA) is 85.6 Å². The molecule has 2 aromatic heterocycles. The molecule has 158 valence electrons. The minimum Gasteiger partial charge on any atom is -0.361 e. The molecule has 8 nitrogen and oxygen atoms in total. The number of carbonyl (C=O) groups excluding carboxylic acids is 2. The van der Waals surface area contributed by atoms with E-state index in [9.17, 15) is 9.59 Å². The van der Waals surface area contributed by atoms with Crippen LogP contribution >= 0.6 is 0 Å². The average Bonchev–Trinajstić information content (AvgIpc) is 3.37. The Morgan fingerprint density at radius 1 is 1.23 bits per heavy atom. The van der Waals surface area contributed by atoms with Crippen LogP contribution in [0.1, 0.15) is 36.4 Å². The van der Waals surface area contributed by atoms with E-state index in [1.807, 2.05) is 26.0 Å². The normalized spacial score (nSPS) is 17.9. The van der Waals surface area contributed by atoms with Gasteiger partial charge in [-0.3, -0.25) is 14.3 Å². The van der Waals surface area contributed by atoms with E-state index in [-0.39, 0.29) is 11.8 Å². The van der Waals surface area contributed by atoms with E-state index < -0.39 is 11.3 Å². The summed E-state index contributed by atoms with van der Waals surface area (Å²) < 4.78 is 6.86. The second kappa shape index (κ2) is 7.51. The Balaban J connectivity index is 1.61. The number of benzene rings is 1. The number of amides is 2. The molecule has 1 unspecified atom stereocenters. The van der Waals surface area contributed by atoms with Crippen LogP contribution in [0.5, 0.6) is 0 Å². The van der Waals surface area contributed by atoms with Gasteiger partial charge in [-0.1, -0.05) is 43.3 Å². The SMILES string of the molecule is [C-]#[N+]c1ccccc1CC1C(=O)N(c2cnn(Cc3c(C)noc3C)c2)C(=O)C1(C)C. The van der Waals surface area contributed by atoms with Gasteiger partial charge in [0.15, 0.2) is 5.69 Å². The lowest BCUT2D eigenvalue weighted by Crippen LogP contribution is -2.32. The van der Waals surface area contributed by atoms with Crippen molar-refractivity contribution in [2.45, 2.75) is 40.7 Å². The zero-order valence-electron chi connectivity index (χ0n) is 17.9. The Kier molecular flexibility index (Phi) is 4.97. The maximum atomic E-state index is 13.3. The summed E-state index contributed by atoms with van der Waals surface area (Å²) >= 11 is 0. The summed E-state index contributed by atoms with van der Waals surface area (Å²) in [5, 5.41) is 8.28. The Morgan fingerprint density at radius 3 is 2.65 bits per heavy atom. The summed E-state index contributed by atoms with van der Waals surface area (Å²) in [6.45, 7) is 15.1. The van der Waals surface area contributed by atoms with Crippen LogP contribution in [0, 0.1) is 31.8 Å². The third-order valence-corrected chi connectivity index (χ3v) is 6.06. The minimum absolute atomic E-state index is 0.264. The number of nitrogens with zero attached hydrogens (tertiary/aromatic N) is 5. The molecular formula is C23H23N5O3. The van der Waals surface area contributed by atoms with Gasteiger partial charge in [0.05, 0.1) is 42.0 Å². The lowest BCUT2D eigenvalue weighted by molar-refractivity contribution is -0.125. The van der Waals surface area contributed by atoms with Crippen LogP contribution in [0.3, 0.4) is 0 Å². The smallest absolute Gasteiger partial charge is 0.240 e. The Bertz CT molecular complexity index is 1190. The summed E-state index contributed by atoms with van der Waals surface area (Å²) in [5.74, 6) is -0.386. The van der Waals surface area contributed by atoms with Crippen molar-refractivity contribution in [2.75, 3.05) is 4.90 Å². The first kappa shape index (κ1) is 20.5. The number of anilines is 1. The molecule has 0 radical (unpaired) electrons. The zero-order chi connectivity index (χ0) is 22.3. The van der Waals surface area contributed by atoms with Gasteiger partial charge in [0.1, 0.15) is 5.76 Å². The quantitative estimate of drug-likeness (QED) is 0.465. The van der Waals surface area contributed by atoms with Crippen molar-refractivity contribution in [2.24, 2.45) is 11.3 Å². The van der Waals surface area contributed by atoms with Gasteiger partial charge in [0.25, 0.3) is 0 Å². The highest BCUT2D eigenvalue weighted by Crippen LogP contribution is 2.42. The van der Waals surface area contributed by atoms with Crippen molar-refractivity contribution in [3.05, 3.63) is 70.7 Å². The van der Waals surface area contributed by atoms with Crippen molar-refractivity contribution in [3.8, 4) is 0 Å². The molecule has 1 aromatic carbocycles. The van der Waals surface area contributed by atoms with E-state index in [0.29, 0.717) is 30.1 Å². The number of aryl methyl sites for hydroxylation is 2. The van der Waals surface area contributed by atoms with Crippen molar-refractivity contribution >= 4 is 23.2 Å². The number of hydrogen-bond donors (Lipinski definition) is 0. The number of hydrogen-bond acceptors (Lipinski definition) is 5. The van der Waals surface area contributed by atoms with Gasteiger partial charge >= 0.3 is 0 Å². The third kappa shape index (κ3) is 3.42. The molecule has 0 aliphatic carbocycles. The van der Waals surface area contributed by atoms with E-state index in [4.69, 9.17) is 11.1 Å². The number of para-hydroxylation sites is 1. The van der Waals surface area contributed by atoms with Gasteiger partial charge in [0, 0.05) is 11.8 Å². The molecule has 1 aliphatic heterocycles. The van der Waals surface area contributed by atoms with Gasteiger partial charge < -0.3 is 4.52 Å². The maximum Gasteiger partial charge on any atom is 0.240 e. The van der Waals surface area contributed by atoms with Gasteiger partial charge in [-0.05, 0) is 25.8 Å². The lowest BCUT2D eigenvalue weighted by Gasteiger charge is -2.22. The van der Waals surface area contributed by atoms with Crippen LogP contribution in [-0.4, -0.2) is 26.8 Å². The Labute approximate surface area is 180 Å². The highest BCUT2D eigenvalue weighted by atomic mass is 16.5. The molecule has 0 N–H and O–H groups in total.